The maximum absolute atomic E-state index is 5.94. The number of nitrogens with two attached hydrogens (primary N) is 1. The van der Waals surface area contributed by atoms with E-state index in [4.69, 9.17) is 10.3 Å². The molecule has 1 aliphatic rings. The summed E-state index contributed by atoms with van der Waals surface area (Å²) in [5.41, 5.74) is 7.38. The predicted octanol–water partition coefficient (Wildman–Crippen LogP) is 3.74. The van der Waals surface area contributed by atoms with Gasteiger partial charge in [-0.25, -0.2) is 0 Å². The summed E-state index contributed by atoms with van der Waals surface area (Å²) in [5.74, 6) is 1.79. The molecule has 0 saturated heterocycles. The van der Waals surface area contributed by atoms with Gasteiger partial charge in [0.15, 0.2) is 5.82 Å². The Hall–Kier alpha value is -1.36. The molecule has 0 bridgehead atoms. The fourth-order valence-electron chi connectivity index (χ4n) is 2.41. The molecule has 0 atom stereocenters. The van der Waals surface area contributed by atoms with Crippen LogP contribution in [0.2, 0.25) is 0 Å². The first-order valence-electron chi connectivity index (χ1n) is 6.13. The first-order chi connectivity index (χ1) is 8.74. The monoisotopic (exact) mass is 307 g/mol. The number of nitrogen functional groups attached to an aromatic ring is 1. The molecule has 94 valence electrons. The topological polar surface area (TPSA) is 64.9 Å². The molecule has 0 spiro atoms. The molecule has 2 N–H and O–H groups in total. The van der Waals surface area contributed by atoms with E-state index in [1.807, 2.05) is 18.2 Å². The van der Waals surface area contributed by atoms with Crippen LogP contribution in [0.1, 0.15) is 37.4 Å². The van der Waals surface area contributed by atoms with Crippen LogP contribution in [0.4, 0.5) is 5.69 Å². The average molecular weight is 308 g/mol. The highest BCUT2D eigenvalue weighted by Gasteiger charge is 2.23. The zero-order valence-corrected chi connectivity index (χ0v) is 11.5. The zero-order chi connectivity index (χ0) is 12.5. The Morgan fingerprint density at radius 3 is 2.83 bits per heavy atom. The van der Waals surface area contributed by atoms with Gasteiger partial charge in [0.05, 0.1) is 5.56 Å². The Morgan fingerprint density at radius 2 is 2.06 bits per heavy atom. The van der Waals surface area contributed by atoms with Gasteiger partial charge in [-0.3, -0.25) is 0 Å². The highest BCUT2D eigenvalue weighted by atomic mass is 79.9. The van der Waals surface area contributed by atoms with Gasteiger partial charge in [-0.2, -0.15) is 4.98 Å². The van der Waals surface area contributed by atoms with Crippen LogP contribution in [-0.4, -0.2) is 10.1 Å². The van der Waals surface area contributed by atoms with Crippen molar-refractivity contribution >= 4 is 21.6 Å². The molecular formula is C13H14BrN3O. The molecule has 0 unspecified atom stereocenters. The van der Waals surface area contributed by atoms with Crippen molar-refractivity contribution in [1.82, 2.24) is 10.1 Å². The van der Waals surface area contributed by atoms with Crippen LogP contribution < -0.4 is 5.73 Å². The van der Waals surface area contributed by atoms with E-state index in [2.05, 4.69) is 26.1 Å². The van der Waals surface area contributed by atoms with E-state index < -0.39 is 0 Å². The van der Waals surface area contributed by atoms with Crippen molar-refractivity contribution in [3.05, 3.63) is 28.5 Å². The molecule has 1 aromatic heterocycles. The van der Waals surface area contributed by atoms with Gasteiger partial charge >= 0.3 is 0 Å². The van der Waals surface area contributed by atoms with Gasteiger partial charge in [-0.15, -0.1) is 0 Å². The Balaban J connectivity index is 1.94. The maximum Gasteiger partial charge on any atom is 0.260 e. The fraction of sp³-hybridized carbons (Fsp3) is 0.385. The quantitative estimate of drug-likeness (QED) is 0.858. The van der Waals surface area contributed by atoms with Gasteiger partial charge in [0.25, 0.3) is 5.89 Å². The smallest absolute Gasteiger partial charge is 0.260 e. The summed E-state index contributed by atoms with van der Waals surface area (Å²) in [6.45, 7) is 0. The first-order valence-corrected chi connectivity index (χ1v) is 6.92. The van der Waals surface area contributed by atoms with Crippen molar-refractivity contribution < 1.29 is 4.52 Å². The third kappa shape index (κ3) is 2.14. The van der Waals surface area contributed by atoms with Crippen LogP contribution in [0.25, 0.3) is 11.5 Å². The summed E-state index contributed by atoms with van der Waals surface area (Å²) in [5, 5.41) is 4.09. The lowest BCUT2D eigenvalue weighted by molar-refractivity contribution is 0.416. The van der Waals surface area contributed by atoms with Crippen molar-refractivity contribution in [2.75, 3.05) is 5.73 Å². The molecule has 1 aliphatic carbocycles. The average Bonchev–Trinajstić information content (AvgIpc) is 3.00. The second kappa shape index (κ2) is 4.72. The molecule has 5 heteroatoms. The van der Waals surface area contributed by atoms with Crippen molar-refractivity contribution in [1.29, 1.82) is 0 Å². The summed E-state index contributed by atoms with van der Waals surface area (Å²) >= 11 is 3.42. The van der Waals surface area contributed by atoms with Gasteiger partial charge in [0.2, 0.25) is 0 Å². The van der Waals surface area contributed by atoms with E-state index in [1.165, 1.54) is 12.8 Å². The van der Waals surface area contributed by atoms with Gasteiger partial charge in [-0.1, -0.05) is 33.9 Å². The highest BCUT2D eigenvalue weighted by Crippen LogP contribution is 2.34. The summed E-state index contributed by atoms with van der Waals surface area (Å²) < 4.78 is 6.29. The minimum atomic E-state index is 0.455. The van der Waals surface area contributed by atoms with E-state index in [1.54, 1.807) is 0 Å². The van der Waals surface area contributed by atoms with E-state index in [9.17, 15) is 0 Å². The van der Waals surface area contributed by atoms with Crippen molar-refractivity contribution in [2.45, 2.75) is 31.6 Å². The highest BCUT2D eigenvalue weighted by molar-refractivity contribution is 9.10. The molecule has 0 aliphatic heterocycles. The van der Waals surface area contributed by atoms with Crippen LogP contribution in [0.3, 0.4) is 0 Å². The first kappa shape index (κ1) is 11.7. The number of hydrogen-bond donors (Lipinski definition) is 1. The largest absolute Gasteiger partial charge is 0.398 e. The number of halogens is 1. The van der Waals surface area contributed by atoms with Gasteiger partial charge in [0, 0.05) is 16.1 Å². The Kier molecular flexibility index (Phi) is 3.07. The van der Waals surface area contributed by atoms with Crippen LogP contribution in [0.15, 0.2) is 27.2 Å². The number of aromatic nitrogens is 2. The lowest BCUT2D eigenvalue weighted by Gasteiger charge is -2.01. The molecule has 4 nitrogen and oxygen atoms in total. The van der Waals surface area contributed by atoms with Crippen molar-refractivity contribution in [3.8, 4) is 11.5 Å². The summed E-state index contributed by atoms with van der Waals surface area (Å²) in [7, 11) is 0. The molecule has 0 radical (unpaired) electrons. The lowest BCUT2D eigenvalue weighted by atomic mass is 10.1. The molecular weight excluding hydrogens is 294 g/mol. The third-order valence-corrected chi connectivity index (χ3v) is 3.90. The molecule has 2 aromatic rings. The summed E-state index contributed by atoms with van der Waals surface area (Å²) in [6.07, 6.45) is 4.83. The van der Waals surface area contributed by atoms with Gasteiger partial charge in [0.1, 0.15) is 0 Å². The molecule has 0 amide bonds. The van der Waals surface area contributed by atoms with Crippen LogP contribution in [0, 0.1) is 0 Å². The SMILES string of the molecule is Nc1ccc(Br)cc1-c1nc(C2CCCC2)no1. The zero-order valence-electron chi connectivity index (χ0n) is 9.90. The van der Waals surface area contributed by atoms with E-state index in [0.717, 1.165) is 28.7 Å². The fourth-order valence-corrected chi connectivity index (χ4v) is 2.77. The summed E-state index contributed by atoms with van der Waals surface area (Å²) in [6, 6.07) is 5.63. The Bertz CT molecular complexity index is 561. The number of anilines is 1. The number of rotatable bonds is 2. The van der Waals surface area contributed by atoms with Crippen molar-refractivity contribution in [3.63, 3.8) is 0 Å². The van der Waals surface area contributed by atoms with Crippen LogP contribution in [0.5, 0.6) is 0 Å². The second-order valence-corrected chi connectivity index (χ2v) is 5.59. The Morgan fingerprint density at radius 1 is 1.28 bits per heavy atom. The van der Waals surface area contributed by atoms with Gasteiger partial charge < -0.3 is 10.3 Å². The second-order valence-electron chi connectivity index (χ2n) is 4.67. The van der Waals surface area contributed by atoms with E-state index in [0.29, 0.717) is 17.5 Å². The minimum Gasteiger partial charge on any atom is -0.398 e. The maximum atomic E-state index is 5.94. The van der Waals surface area contributed by atoms with E-state index in [-0.39, 0.29) is 0 Å². The molecule has 1 heterocycles. The molecule has 3 rings (SSSR count). The third-order valence-electron chi connectivity index (χ3n) is 3.41. The lowest BCUT2D eigenvalue weighted by Crippen LogP contribution is -1.95. The predicted molar refractivity (Wildman–Crippen MR) is 73.1 cm³/mol. The number of nitrogens with zero attached hydrogens (tertiary/aromatic N) is 2. The van der Waals surface area contributed by atoms with Crippen molar-refractivity contribution in [2.24, 2.45) is 0 Å². The molecule has 18 heavy (non-hydrogen) atoms. The van der Waals surface area contributed by atoms with Crippen LogP contribution >= 0.6 is 15.9 Å². The van der Waals surface area contributed by atoms with Gasteiger partial charge in [-0.05, 0) is 31.0 Å². The number of benzene rings is 1. The standard InChI is InChI=1S/C13H14BrN3O/c14-9-5-6-11(15)10(7-9)13-16-12(17-18-13)8-3-1-2-4-8/h5-8H,1-4,15H2. The van der Waals surface area contributed by atoms with E-state index >= 15 is 0 Å². The normalized spacial score (nSPS) is 16.3. The summed E-state index contributed by atoms with van der Waals surface area (Å²) in [4.78, 5) is 4.49. The number of hydrogen-bond acceptors (Lipinski definition) is 4. The molecule has 1 saturated carbocycles. The molecule has 1 fully saturated rings. The molecule has 1 aromatic carbocycles. The Labute approximate surface area is 114 Å². The minimum absolute atomic E-state index is 0.455. The van der Waals surface area contributed by atoms with Crippen LogP contribution in [-0.2, 0) is 0 Å².